The number of hydrogen-bond acceptors (Lipinski definition) is 3. The molecule has 0 radical (unpaired) electrons. The summed E-state index contributed by atoms with van der Waals surface area (Å²) >= 11 is 0. The minimum absolute atomic E-state index is 0.239. The van der Waals surface area contributed by atoms with Crippen LogP contribution < -0.4 is 5.43 Å². The van der Waals surface area contributed by atoms with Crippen molar-refractivity contribution in [1.29, 1.82) is 0 Å². The van der Waals surface area contributed by atoms with Crippen molar-refractivity contribution >= 4 is 23.0 Å². The summed E-state index contributed by atoms with van der Waals surface area (Å²) < 4.78 is 0. The number of aromatic nitrogens is 1. The molecule has 0 aliphatic rings. The van der Waals surface area contributed by atoms with Crippen LogP contribution >= 0.6 is 0 Å². The second-order valence-electron chi connectivity index (χ2n) is 5.38. The Bertz CT molecular complexity index is 900. The topological polar surface area (TPSA) is 54.4 Å². The van der Waals surface area contributed by atoms with Crippen LogP contribution in [0.5, 0.6) is 0 Å². The molecule has 23 heavy (non-hydrogen) atoms. The van der Waals surface area contributed by atoms with Crippen LogP contribution in [0.3, 0.4) is 0 Å². The van der Waals surface area contributed by atoms with E-state index >= 15 is 0 Å². The summed E-state index contributed by atoms with van der Waals surface area (Å²) in [6, 6.07) is 17.2. The summed E-state index contributed by atoms with van der Waals surface area (Å²) in [5.41, 5.74) is 6.87. The molecule has 3 aromatic rings. The molecular weight excluding hydrogens is 286 g/mol. The van der Waals surface area contributed by atoms with Crippen molar-refractivity contribution in [3.63, 3.8) is 0 Å². The van der Waals surface area contributed by atoms with Gasteiger partial charge in [-0.15, -0.1) is 0 Å². The summed E-state index contributed by atoms with van der Waals surface area (Å²) in [6.45, 7) is 3.88. The van der Waals surface area contributed by atoms with Crippen molar-refractivity contribution in [2.24, 2.45) is 5.10 Å². The molecule has 1 amide bonds. The lowest BCUT2D eigenvalue weighted by Crippen LogP contribution is -2.18. The van der Waals surface area contributed by atoms with E-state index in [0.717, 1.165) is 27.7 Å². The molecule has 4 heteroatoms. The van der Waals surface area contributed by atoms with Crippen LogP contribution in [0, 0.1) is 13.8 Å². The van der Waals surface area contributed by atoms with Crippen LogP contribution in [0.4, 0.5) is 0 Å². The number of rotatable bonds is 3. The third-order valence-electron chi connectivity index (χ3n) is 3.65. The minimum atomic E-state index is -0.239. The first-order valence-corrected chi connectivity index (χ1v) is 7.40. The summed E-state index contributed by atoms with van der Waals surface area (Å²) in [6.07, 6.45) is 1.66. The lowest BCUT2D eigenvalue weighted by molar-refractivity contribution is 0.0956. The molecule has 0 saturated carbocycles. The molecule has 114 valence electrons. The Kier molecular flexibility index (Phi) is 4.15. The van der Waals surface area contributed by atoms with Gasteiger partial charge in [-0.2, -0.15) is 5.10 Å². The number of fused-ring (bicyclic) bond motifs is 1. The zero-order valence-electron chi connectivity index (χ0n) is 13.1. The van der Waals surface area contributed by atoms with Gasteiger partial charge in [-0.1, -0.05) is 42.5 Å². The monoisotopic (exact) mass is 303 g/mol. The Morgan fingerprint density at radius 2 is 1.83 bits per heavy atom. The van der Waals surface area contributed by atoms with E-state index in [-0.39, 0.29) is 5.91 Å². The van der Waals surface area contributed by atoms with Gasteiger partial charge in [0.05, 0.1) is 17.3 Å². The fourth-order valence-corrected chi connectivity index (χ4v) is 2.45. The van der Waals surface area contributed by atoms with E-state index in [0.29, 0.717) is 5.56 Å². The van der Waals surface area contributed by atoms with Gasteiger partial charge in [0.15, 0.2) is 0 Å². The normalized spacial score (nSPS) is 11.0. The molecule has 2 aromatic carbocycles. The molecule has 0 spiro atoms. The fourth-order valence-electron chi connectivity index (χ4n) is 2.45. The van der Waals surface area contributed by atoms with Gasteiger partial charge in [0, 0.05) is 11.1 Å². The Morgan fingerprint density at radius 1 is 1.09 bits per heavy atom. The van der Waals surface area contributed by atoms with Gasteiger partial charge in [-0.05, 0) is 37.1 Å². The van der Waals surface area contributed by atoms with E-state index in [2.05, 4.69) is 15.5 Å². The van der Waals surface area contributed by atoms with Crippen LogP contribution in [0.1, 0.15) is 27.2 Å². The highest BCUT2D eigenvalue weighted by Crippen LogP contribution is 2.18. The molecule has 0 bridgehead atoms. The smallest absolute Gasteiger partial charge is 0.267 e. The highest BCUT2D eigenvalue weighted by Gasteiger charge is 2.10. The van der Waals surface area contributed by atoms with Crippen molar-refractivity contribution < 1.29 is 4.79 Å². The first kappa shape index (κ1) is 14.9. The summed E-state index contributed by atoms with van der Waals surface area (Å²) in [5.74, 6) is -0.239. The van der Waals surface area contributed by atoms with E-state index in [9.17, 15) is 4.79 Å². The van der Waals surface area contributed by atoms with Gasteiger partial charge < -0.3 is 0 Å². The molecule has 3 rings (SSSR count). The number of hydrazone groups is 1. The van der Waals surface area contributed by atoms with Crippen LogP contribution in [0.15, 0.2) is 59.7 Å². The van der Waals surface area contributed by atoms with Crippen molar-refractivity contribution in [3.8, 4) is 0 Å². The number of pyridine rings is 1. The molecule has 0 fully saturated rings. The number of benzene rings is 2. The summed E-state index contributed by atoms with van der Waals surface area (Å²) in [7, 11) is 0. The van der Waals surface area contributed by atoms with E-state index in [1.165, 1.54) is 0 Å². The van der Waals surface area contributed by atoms with Gasteiger partial charge >= 0.3 is 0 Å². The Labute approximate surface area is 134 Å². The van der Waals surface area contributed by atoms with Gasteiger partial charge in [-0.3, -0.25) is 9.78 Å². The number of aryl methyl sites for hydroxylation is 2. The lowest BCUT2D eigenvalue weighted by atomic mass is 10.1. The Hall–Kier alpha value is -3.01. The number of amides is 1. The molecule has 0 atom stereocenters. The highest BCUT2D eigenvalue weighted by atomic mass is 16.2. The molecule has 0 saturated heterocycles. The fraction of sp³-hybridized carbons (Fsp3) is 0.105. The number of para-hydroxylation sites is 1. The summed E-state index contributed by atoms with van der Waals surface area (Å²) in [5, 5.41) is 4.89. The zero-order valence-corrected chi connectivity index (χ0v) is 13.1. The zero-order chi connectivity index (χ0) is 16.2. The molecule has 0 aliphatic carbocycles. The Balaban J connectivity index is 1.86. The third-order valence-corrected chi connectivity index (χ3v) is 3.65. The maximum Gasteiger partial charge on any atom is 0.272 e. The Morgan fingerprint density at radius 3 is 2.65 bits per heavy atom. The molecule has 0 unspecified atom stereocenters. The minimum Gasteiger partial charge on any atom is -0.267 e. The molecule has 1 heterocycles. The number of carbonyl (C=O) groups is 1. The SMILES string of the molecule is Cc1cc(C(=O)NN=Cc2ccccc2C)c2ccccc2n1. The highest BCUT2D eigenvalue weighted by molar-refractivity contribution is 6.06. The second-order valence-corrected chi connectivity index (χ2v) is 5.38. The molecular formula is C19H17N3O. The van der Waals surface area contributed by atoms with Crippen LogP contribution in [0.25, 0.3) is 10.9 Å². The predicted molar refractivity (Wildman–Crippen MR) is 92.7 cm³/mol. The lowest BCUT2D eigenvalue weighted by Gasteiger charge is -2.06. The number of nitrogens with one attached hydrogen (secondary N) is 1. The second kappa shape index (κ2) is 6.40. The standard InChI is InChI=1S/C19H17N3O/c1-13-7-3-4-8-15(13)12-20-22-19(23)17-11-14(2)21-18-10-6-5-9-16(17)18/h3-12H,1-2H3,(H,22,23). The van der Waals surface area contributed by atoms with Crippen molar-refractivity contribution in [1.82, 2.24) is 10.4 Å². The summed E-state index contributed by atoms with van der Waals surface area (Å²) in [4.78, 5) is 16.9. The van der Waals surface area contributed by atoms with Crippen LogP contribution in [-0.2, 0) is 0 Å². The quantitative estimate of drug-likeness (QED) is 0.593. The average Bonchev–Trinajstić information content (AvgIpc) is 2.55. The third kappa shape index (κ3) is 3.26. The van der Waals surface area contributed by atoms with Crippen molar-refractivity contribution in [2.75, 3.05) is 0 Å². The number of nitrogens with zero attached hydrogens (tertiary/aromatic N) is 2. The molecule has 0 aliphatic heterocycles. The average molecular weight is 303 g/mol. The van der Waals surface area contributed by atoms with E-state index in [4.69, 9.17) is 0 Å². The van der Waals surface area contributed by atoms with Gasteiger partial charge in [0.1, 0.15) is 0 Å². The molecule has 1 N–H and O–H groups in total. The maximum atomic E-state index is 12.4. The number of hydrogen-bond donors (Lipinski definition) is 1. The first-order chi connectivity index (χ1) is 11.1. The van der Waals surface area contributed by atoms with Gasteiger partial charge in [0.25, 0.3) is 5.91 Å². The van der Waals surface area contributed by atoms with Crippen molar-refractivity contribution in [3.05, 3.63) is 77.0 Å². The first-order valence-electron chi connectivity index (χ1n) is 7.40. The van der Waals surface area contributed by atoms with Gasteiger partial charge in [0.2, 0.25) is 0 Å². The maximum absolute atomic E-state index is 12.4. The molecule has 4 nitrogen and oxygen atoms in total. The van der Waals surface area contributed by atoms with Crippen LogP contribution in [0.2, 0.25) is 0 Å². The largest absolute Gasteiger partial charge is 0.272 e. The number of carbonyl (C=O) groups excluding carboxylic acids is 1. The molecule has 1 aromatic heterocycles. The van der Waals surface area contributed by atoms with E-state index in [1.807, 2.05) is 62.4 Å². The predicted octanol–water partition coefficient (Wildman–Crippen LogP) is 3.62. The van der Waals surface area contributed by atoms with E-state index in [1.54, 1.807) is 12.3 Å². The van der Waals surface area contributed by atoms with Gasteiger partial charge in [-0.25, -0.2) is 5.43 Å². The van der Waals surface area contributed by atoms with Crippen molar-refractivity contribution in [2.45, 2.75) is 13.8 Å². The van der Waals surface area contributed by atoms with E-state index < -0.39 is 0 Å². The van der Waals surface area contributed by atoms with Crippen LogP contribution in [-0.4, -0.2) is 17.1 Å².